The Balaban J connectivity index is 1.49. The van der Waals surface area contributed by atoms with E-state index in [4.69, 9.17) is 4.74 Å². The number of carbonyl (C=O) groups excluding carboxylic acids is 2. The zero-order valence-electron chi connectivity index (χ0n) is 19.5. The highest BCUT2D eigenvalue weighted by Gasteiger charge is 2.34. The molecule has 0 aliphatic heterocycles. The van der Waals surface area contributed by atoms with Crippen LogP contribution in [-0.4, -0.2) is 59.9 Å². The van der Waals surface area contributed by atoms with E-state index in [9.17, 15) is 9.59 Å². The van der Waals surface area contributed by atoms with Crippen molar-refractivity contribution >= 4 is 22.7 Å². The highest BCUT2D eigenvalue weighted by molar-refractivity contribution is 5.87. The molecule has 33 heavy (non-hydrogen) atoms. The number of methoxy groups -OCH3 is 1. The van der Waals surface area contributed by atoms with Gasteiger partial charge in [0.15, 0.2) is 0 Å². The van der Waals surface area contributed by atoms with E-state index in [2.05, 4.69) is 48.3 Å². The van der Waals surface area contributed by atoms with Crippen LogP contribution in [-0.2, 0) is 27.3 Å². The molecule has 0 atom stereocenters. The van der Waals surface area contributed by atoms with Crippen LogP contribution in [0.2, 0.25) is 0 Å². The Morgan fingerprint density at radius 1 is 1.03 bits per heavy atom. The van der Waals surface area contributed by atoms with E-state index < -0.39 is 0 Å². The summed E-state index contributed by atoms with van der Waals surface area (Å²) in [4.78, 5) is 33.1. The van der Waals surface area contributed by atoms with Gasteiger partial charge in [-0.2, -0.15) is 0 Å². The number of nitrogens with zero attached hydrogens (tertiary/aromatic N) is 2. The molecule has 0 spiro atoms. The van der Waals surface area contributed by atoms with Crippen molar-refractivity contribution < 1.29 is 14.3 Å². The van der Waals surface area contributed by atoms with Gasteiger partial charge in [-0.3, -0.25) is 9.59 Å². The van der Waals surface area contributed by atoms with E-state index in [1.54, 1.807) is 12.0 Å². The molecule has 0 unspecified atom stereocenters. The molecule has 0 saturated heterocycles. The summed E-state index contributed by atoms with van der Waals surface area (Å²) in [6.45, 7) is 4.14. The summed E-state index contributed by atoms with van der Waals surface area (Å²) in [5.74, 6) is 0.124. The van der Waals surface area contributed by atoms with Crippen LogP contribution in [0, 0.1) is 12.8 Å². The summed E-state index contributed by atoms with van der Waals surface area (Å²) < 4.78 is 5.19. The Bertz CT molecular complexity index is 1090. The van der Waals surface area contributed by atoms with Crippen LogP contribution in [0.3, 0.4) is 0 Å². The Morgan fingerprint density at radius 3 is 2.52 bits per heavy atom. The van der Waals surface area contributed by atoms with Crippen molar-refractivity contribution in [2.45, 2.75) is 32.7 Å². The number of hydrogen-bond donors (Lipinski definition) is 1. The molecule has 1 heterocycles. The molecule has 2 aromatic carbocycles. The first kappa shape index (κ1) is 23.1. The molecule has 1 aliphatic carbocycles. The number of carbonyl (C=O) groups is 2. The average Bonchev–Trinajstić information content (AvgIpc) is 3.60. The standard InChI is InChI=1S/C27H33N3O3/c1-20-7-9-21(10-8-20)18-29(14-13-23-17-28-25-6-4-3-5-24(23)25)26(31)19-30(15-16-33-2)27(32)22-11-12-22/h3-10,17,22,28H,11-16,18-19H2,1-2H3. The zero-order valence-corrected chi connectivity index (χ0v) is 19.5. The van der Waals surface area contributed by atoms with Crippen molar-refractivity contribution in [1.82, 2.24) is 14.8 Å². The Morgan fingerprint density at radius 2 is 1.79 bits per heavy atom. The first-order chi connectivity index (χ1) is 16.0. The molecule has 6 heteroatoms. The van der Waals surface area contributed by atoms with Crippen LogP contribution < -0.4 is 0 Å². The second-order valence-corrected chi connectivity index (χ2v) is 8.94. The summed E-state index contributed by atoms with van der Waals surface area (Å²) >= 11 is 0. The monoisotopic (exact) mass is 447 g/mol. The van der Waals surface area contributed by atoms with Gasteiger partial charge in [-0.05, 0) is 43.4 Å². The van der Waals surface area contributed by atoms with Crippen molar-refractivity contribution in [3.8, 4) is 0 Å². The number of benzene rings is 2. The molecule has 4 rings (SSSR count). The topological polar surface area (TPSA) is 65.6 Å². The van der Waals surface area contributed by atoms with Gasteiger partial charge in [-0.15, -0.1) is 0 Å². The fourth-order valence-electron chi connectivity index (χ4n) is 4.12. The molecule has 2 amide bonds. The Hall–Kier alpha value is -3.12. The lowest BCUT2D eigenvalue weighted by molar-refractivity contribution is -0.142. The van der Waals surface area contributed by atoms with E-state index in [0.29, 0.717) is 26.2 Å². The van der Waals surface area contributed by atoms with Crippen molar-refractivity contribution in [1.29, 1.82) is 0 Å². The van der Waals surface area contributed by atoms with Crippen LogP contribution in [0.1, 0.15) is 29.5 Å². The lowest BCUT2D eigenvalue weighted by atomic mass is 10.1. The van der Waals surface area contributed by atoms with E-state index >= 15 is 0 Å². The van der Waals surface area contributed by atoms with Crippen LogP contribution in [0.5, 0.6) is 0 Å². The van der Waals surface area contributed by atoms with Crippen LogP contribution in [0.4, 0.5) is 0 Å². The van der Waals surface area contributed by atoms with Gasteiger partial charge in [-0.25, -0.2) is 0 Å². The largest absolute Gasteiger partial charge is 0.383 e. The maximum Gasteiger partial charge on any atom is 0.242 e. The summed E-state index contributed by atoms with van der Waals surface area (Å²) in [5, 5.41) is 1.19. The second-order valence-electron chi connectivity index (χ2n) is 8.94. The first-order valence-electron chi connectivity index (χ1n) is 11.7. The number of para-hydroxylation sites is 1. The van der Waals surface area contributed by atoms with Gasteiger partial charge >= 0.3 is 0 Å². The van der Waals surface area contributed by atoms with Crippen LogP contribution >= 0.6 is 0 Å². The fourth-order valence-corrected chi connectivity index (χ4v) is 4.12. The average molecular weight is 448 g/mol. The van der Waals surface area contributed by atoms with Crippen molar-refractivity contribution in [3.05, 3.63) is 71.4 Å². The van der Waals surface area contributed by atoms with Crippen molar-refractivity contribution in [2.24, 2.45) is 5.92 Å². The third-order valence-electron chi connectivity index (χ3n) is 6.30. The minimum absolute atomic E-state index is 0.0273. The number of fused-ring (bicyclic) bond motifs is 1. The number of nitrogens with one attached hydrogen (secondary N) is 1. The summed E-state index contributed by atoms with van der Waals surface area (Å²) in [7, 11) is 1.62. The lowest BCUT2D eigenvalue weighted by Crippen LogP contribution is -2.45. The minimum Gasteiger partial charge on any atom is -0.383 e. The highest BCUT2D eigenvalue weighted by atomic mass is 16.5. The van der Waals surface area contributed by atoms with Crippen molar-refractivity contribution in [3.63, 3.8) is 0 Å². The number of ether oxygens (including phenoxy) is 1. The molecule has 1 saturated carbocycles. The second kappa shape index (κ2) is 10.7. The number of rotatable bonds is 11. The minimum atomic E-state index is -0.0273. The maximum atomic E-state index is 13.4. The van der Waals surface area contributed by atoms with Gasteiger partial charge in [0.05, 0.1) is 13.2 Å². The lowest BCUT2D eigenvalue weighted by Gasteiger charge is -2.28. The summed E-state index contributed by atoms with van der Waals surface area (Å²) in [5.41, 5.74) is 4.57. The number of aryl methyl sites for hydroxylation is 1. The third-order valence-corrected chi connectivity index (χ3v) is 6.30. The zero-order chi connectivity index (χ0) is 23.2. The van der Waals surface area contributed by atoms with Gasteiger partial charge < -0.3 is 19.5 Å². The predicted molar refractivity (Wildman–Crippen MR) is 130 cm³/mol. The number of aromatic amines is 1. The SMILES string of the molecule is COCCN(CC(=O)N(CCc1c[nH]c2ccccc12)Cc1ccc(C)cc1)C(=O)C1CC1. The Labute approximate surface area is 195 Å². The van der Waals surface area contributed by atoms with Gasteiger partial charge in [0, 0.05) is 49.8 Å². The van der Waals surface area contributed by atoms with Gasteiger partial charge in [0.2, 0.25) is 11.8 Å². The first-order valence-corrected chi connectivity index (χ1v) is 11.7. The molecule has 6 nitrogen and oxygen atoms in total. The van der Waals surface area contributed by atoms with Gasteiger partial charge in [-0.1, -0.05) is 48.0 Å². The Kier molecular flexibility index (Phi) is 7.45. The van der Waals surface area contributed by atoms with Crippen molar-refractivity contribution in [2.75, 3.05) is 33.4 Å². The van der Waals surface area contributed by atoms with Gasteiger partial charge in [0.25, 0.3) is 0 Å². The molecule has 1 fully saturated rings. The van der Waals surface area contributed by atoms with E-state index in [-0.39, 0.29) is 24.3 Å². The molecular weight excluding hydrogens is 414 g/mol. The fraction of sp³-hybridized carbons (Fsp3) is 0.407. The molecule has 1 aromatic heterocycles. The van der Waals surface area contributed by atoms with Gasteiger partial charge in [0.1, 0.15) is 0 Å². The van der Waals surface area contributed by atoms with E-state index in [0.717, 1.165) is 30.3 Å². The molecule has 1 N–H and O–H groups in total. The highest BCUT2D eigenvalue weighted by Crippen LogP contribution is 2.31. The van der Waals surface area contributed by atoms with E-state index in [1.807, 2.05) is 23.2 Å². The maximum absolute atomic E-state index is 13.4. The molecular formula is C27H33N3O3. The van der Waals surface area contributed by atoms with Crippen LogP contribution in [0.25, 0.3) is 10.9 Å². The molecule has 174 valence electrons. The quantitative estimate of drug-likeness (QED) is 0.484. The number of hydrogen-bond acceptors (Lipinski definition) is 3. The summed E-state index contributed by atoms with van der Waals surface area (Å²) in [6.07, 6.45) is 4.62. The molecule has 1 aliphatic rings. The number of aromatic nitrogens is 1. The molecule has 0 radical (unpaired) electrons. The summed E-state index contributed by atoms with van der Waals surface area (Å²) in [6, 6.07) is 16.5. The number of amides is 2. The molecule has 3 aromatic rings. The smallest absolute Gasteiger partial charge is 0.242 e. The number of H-pyrrole nitrogens is 1. The molecule has 0 bridgehead atoms. The van der Waals surface area contributed by atoms with E-state index in [1.165, 1.54) is 16.5 Å². The van der Waals surface area contributed by atoms with Crippen LogP contribution in [0.15, 0.2) is 54.7 Å². The normalized spacial score (nSPS) is 13.3. The predicted octanol–water partition coefficient (Wildman–Crippen LogP) is 3.93. The third kappa shape index (κ3) is 6.02.